The van der Waals surface area contributed by atoms with E-state index in [-0.39, 0.29) is 0 Å². The van der Waals surface area contributed by atoms with Crippen LogP contribution in [0.5, 0.6) is 0 Å². The molecule has 0 saturated heterocycles. The Morgan fingerprint density at radius 2 is 2.00 bits per heavy atom. The molecule has 0 fully saturated rings. The van der Waals surface area contributed by atoms with Crippen LogP contribution in [0.4, 0.5) is 0 Å². The summed E-state index contributed by atoms with van der Waals surface area (Å²) in [5.74, 6) is 2.38. The molecule has 0 aliphatic heterocycles. The summed E-state index contributed by atoms with van der Waals surface area (Å²) in [5.41, 5.74) is 1.33. The molecule has 1 atom stereocenters. The van der Waals surface area contributed by atoms with E-state index in [1.807, 2.05) is 6.07 Å². The molecule has 0 saturated carbocycles. The van der Waals surface area contributed by atoms with E-state index in [1.165, 1.54) is 0 Å². The maximum atomic E-state index is 9.46. The number of aliphatic hydroxyl groups excluding tert-OH is 1. The van der Waals surface area contributed by atoms with Gasteiger partial charge in [0.05, 0.1) is 17.7 Å². The highest BCUT2D eigenvalue weighted by Crippen LogP contribution is 2.15. The van der Waals surface area contributed by atoms with E-state index in [1.54, 1.807) is 24.3 Å². The third-order valence-electron chi connectivity index (χ3n) is 1.74. The molecule has 0 unspecified atom stereocenters. The van der Waals surface area contributed by atoms with Gasteiger partial charge in [0, 0.05) is 6.42 Å². The molecule has 0 aliphatic carbocycles. The highest BCUT2D eigenvalue weighted by atomic mass is 16.3. The molecule has 0 aliphatic rings. The molecule has 1 aromatic rings. The van der Waals surface area contributed by atoms with Gasteiger partial charge in [-0.1, -0.05) is 12.1 Å². The first-order valence-corrected chi connectivity index (χ1v) is 3.89. The highest BCUT2D eigenvalue weighted by molar-refractivity contribution is 5.32. The molecular formula is C11H9NO. The first-order valence-electron chi connectivity index (χ1n) is 3.89. The zero-order chi connectivity index (χ0) is 9.68. The lowest BCUT2D eigenvalue weighted by Crippen LogP contribution is -1.95. The van der Waals surface area contributed by atoms with Gasteiger partial charge in [0.15, 0.2) is 0 Å². The van der Waals surface area contributed by atoms with Crippen molar-refractivity contribution in [3.63, 3.8) is 0 Å². The zero-order valence-electron chi connectivity index (χ0n) is 7.07. The fraction of sp³-hybridized carbons (Fsp3) is 0.182. The molecule has 1 aromatic carbocycles. The quantitative estimate of drug-likeness (QED) is 0.687. The second kappa shape index (κ2) is 4.30. The van der Waals surface area contributed by atoms with Crippen molar-refractivity contribution in [2.24, 2.45) is 0 Å². The van der Waals surface area contributed by atoms with Crippen molar-refractivity contribution in [3.05, 3.63) is 35.4 Å². The van der Waals surface area contributed by atoms with Crippen LogP contribution >= 0.6 is 0 Å². The minimum Gasteiger partial charge on any atom is -0.387 e. The predicted octanol–water partition coefficient (Wildman–Crippen LogP) is 1.61. The van der Waals surface area contributed by atoms with Crippen molar-refractivity contribution < 1.29 is 5.11 Å². The number of aliphatic hydroxyl groups is 1. The fourth-order valence-corrected chi connectivity index (χ4v) is 1.01. The lowest BCUT2D eigenvalue weighted by atomic mass is 10.1. The van der Waals surface area contributed by atoms with E-state index >= 15 is 0 Å². The second-order valence-corrected chi connectivity index (χ2v) is 2.66. The monoisotopic (exact) mass is 171 g/mol. The molecule has 2 heteroatoms. The van der Waals surface area contributed by atoms with E-state index in [0.717, 1.165) is 5.56 Å². The molecule has 2 nitrogen and oxygen atoms in total. The Hall–Kier alpha value is -1.77. The molecule has 13 heavy (non-hydrogen) atoms. The minimum atomic E-state index is -0.627. The third kappa shape index (κ3) is 2.33. The summed E-state index contributed by atoms with van der Waals surface area (Å²) in [6.45, 7) is 0. The van der Waals surface area contributed by atoms with Gasteiger partial charge in [0.25, 0.3) is 0 Å². The standard InChI is InChI=1S/C11H9NO/c1-2-3-11(13)10-6-4-9(8-12)5-7-10/h1,4-7,11,13H,3H2/t11-/m1/s1. The lowest BCUT2D eigenvalue weighted by Gasteiger charge is -2.06. The number of terminal acetylenes is 1. The van der Waals surface area contributed by atoms with E-state index in [4.69, 9.17) is 11.7 Å². The molecule has 0 aromatic heterocycles. The first-order chi connectivity index (χ1) is 6.27. The van der Waals surface area contributed by atoms with Crippen LogP contribution in [0.25, 0.3) is 0 Å². The highest BCUT2D eigenvalue weighted by Gasteiger charge is 2.04. The molecule has 0 heterocycles. The van der Waals surface area contributed by atoms with Crippen LogP contribution in [-0.2, 0) is 0 Å². The number of benzene rings is 1. The fourth-order valence-electron chi connectivity index (χ4n) is 1.01. The van der Waals surface area contributed by atoms with Gasteiger partial charge in [-0.25, -0.2) is 0 Å². The van der Waals surface area contributed by atoms with Crippen molar-refractivity contribution >= 4 is 0 Å². The van der Waals surface area contributed by atoms with Crippen LogP contribution < -0.4 is 0 Å². The van der Waals surface area contributed by atoms with Crippen LogP contribution in [0.2, 0.25) is 0 Å². The molecule has 64 valence electrons. The van der Waals surface area contributed by atoms with Gasteiger partial charge in [-0.05, 0) is 17.7 Å². The van der Waals surface area contributed by atoms with Crippen molar-refractivity contribution in [1.82, 2.24) is 0 Å². The van der Waals surface area contributed by atoms with Crippen molar-refractivity contribution in [3.8, 4) is 18.4 Å². The largest absolute Gasteiger partial charge is 0.387 e. The Bertz CT molecular complexity index is 353. The maximum Gasteiger partial charge on any atom is 0.0991 e. The van der Waals surface area contributed by atoms with Gasteiger partial charge in [-0.15, -0.1) is 12.3 Å². The van der Waals surface area contributed by atoms with Crippen LogP contribution in [0, 0.1) is 23.7 Å². The summed E-state index contributed by atoms with van der Waals surface area (Å²) in [6, 6.07) is 8.74. The van der Waals surface area contributed by atoms with Gasteiger partial charge in [-0.3, -0.25) is 0 Å². The molecule has 0 bridgehead atoms. The van der Waals surface area contributed by atoms with Gasteiger partial charge in [-0.2, -0.15) is 5.26 Å². The molecule has 1 rings (SSSR count). The number of hydrogen-bond donors (Lipinski definition) is 1. The normalized spacial score (nSPS) is 11.3. The molecule has 1 N–H and O–H groups in total. The Kier molecular flexibility index (Phi) is 3.09. The summed E-state index contributed by atoms with van der Waals surface area (Å²) in [4.78, 5) is 0. The van der Waals surface area contributed by atoms with Gasteiger partial charge >= 0.3 is 0 Å². The zero-order valence-corrected chi connectivity index (χ0v) is 7.07. The summed E-state index contributed by atoms with van der Waals surface area (Å²) in [5, 5.41) is 18.0. The average Bonchev–Trinajstić information content (AvgIpc) is 2.18. The Labute approximate surface area is 77.4 Å². The van der Waals surface area contributed by atoms with Crippen LogP contribution in [0.1, 0.15) is 23.7 Å². The Balaban J connectivity index is 2.82. The summed E-state index contributed by atoms with van der Waals surface area (Å²) in [7, 11) is 0. The molecule has 0 radical (unpaired) electrons. The SMILES string of the molecule is C#CC[C@@H](O)c1ccc(C#N)cc1. The predicted molar refractivity (Wildman–Crippen MR) is 49.6 cm³/mol. The average molecular weight is 171 g/mol. The Morgan fingerprint density at radius 1 is 1.38 bits per heavy atom. The third-order valence-corrected chi connectivity index (χ3v) is 1.74. The van der Waals surface area contributed by atoms with E-state index in [0.29, 0.717) is 12.0 Å². The van der Waals surface area contributed by atoms with Crippen molar-refractivity contribution in [2.75, 3.05) is 0 Å². The number of nitrogens with zero attached hydrogens (tertiary/aromatic N) is 1. The van der Waals surface area contributed by atoms with Gasteiger partial charge in [0.1, 0.15) is 0 Å². The molecular weight excluding hydrogens is 162 g/mol. The smallest absolute Gasteiger partial charge is 0.0991 e. The van der Waals surface area contributed by atoms with Gasteiger partial charge in [0.2, 0.25) is 0 Å². The van der Waals surface area contributed by atoms with Crippen molar-refractivity contribution in [2.45, 2.75) is 12.5 Å². The molecule has 0 spiro atoms. The summed E-state index contributed by atoms with van der Waals surface area (Å²) in [6.07, 6.45) is 4.73. The number of nitriles is 1. The van der Waals surface area contributed by atoms with Gasteiger partial charge < -0.3 is 5.11 Å². The number of rotatable bonds is 2. The van der Waals surface area contributed by atoms with E-state index in [2.05, 4.69) is 5.92 Å². The minimum absolute atomic E-state index is 0.298. The van der Waals surface area contributed by atoms with Crippen LogP contribution in [0.15, 0.2) is 24.3 Å². The van der Waals surface area contributed by atoms with E-state index in [9.17, 15) is 5.11 Å². The van der Waals surface area contributed by atoms with Crippen molar-refractivity contribution in [1.29, 1.82) is 5.26 Å². The first kappa shape index (κ1) is 9.32. The summed E-state index contributed by atoms with van der Waals surface area (Å²) >= 11 is 0. The van der Waals surface area contributed by atoms with Crippen LogP contribution in [-0.4, -0.2) is 5.11 Å². The van der Waals surface area contributed by atoms with E-state index < -0.39 is 6.10 Å². The van der Waals surface area contributed by atoms with Crippen LogP contribution in [0.3, 0.4) is 0 Å². The number of hydrogen-bond acceptors (Lipinski definition) is 2. The molecule has 0 amide bonds. The topological polar surface area (TPSA) is 44.0 Å². The Morgan fingerprint density at radius 3 is 2.46 bits per heavy atom. The lowest BCUT2D eigenvalue weighted by molar-refractivity contribution is 0.184. The maximum absolute atomic E-state index is 9.46. The second-order valence-electron chi connectivity index (χ2n) is 2.66. The summed E-state index contributed by atoms with van der Waals surface area (Å²) < 4.78 is 0.